The maximum Gasteiger partial charge on any atom is 0.317 e. The second-order valence-electron chi connectivity index (χ2n) is 6.64. The van der Waals surface area contributed by atoms with Crippen molar-refractivity contribution < 1.29 is 9.32 Å². The maximum atomic E-state index is 12.3. The van der Waals surface area contributed by atoms with E-state index in [9.17, 15) is 4.79 Å². The summed E-state index contributed by atoms with van der Waals surface area (Å²) in [5.41, 5.74) is 2.04. The van der Waals surface area contributed by atoms with Gasteiger partial charge < -0.3 is 14.7 Å². The predicted octanol–water partition coefficient (Wildman–Crippen LogP) is 2.59. The third-order valence-corrected chi connectivity index (χ3v) is 4.86. The van der Waals surface area contributed by atoms with E-state index in [1.807, 2.05) is 41.3 Å². The van der Waals surface area contributed by atoms with Crippen LogP contribution in [0.4, 0.5) is 4.79 Å². The molecule has 2 aromatic heterocycles. The number of aromatic nitrogens is 4. The summed E-state index contributed by atoms with van der Waals surface area (Å²) in [7, 11) is 0. The van der Waals surface area contributed by atoms with E-state index in [0.29, 0.717) is 30.6 Å². The Morgan fingerprint density at radius 1 is 1.22 bits per heavy atom. The van der Waals surface area contributed by atoms with Crippen molar-refractivity contribution >= 4 is 6.03 Å². The molecule has 0 unspecified atom stereocenters. The number of amides is 2. The minimum Gasteiger partial charge on any atom is -0.338 e. The molecule has 0 atom stereocenters. The lowest BCUT2D eigenvalue weighted by Crippen LogP contribution is -2.44. The van der Waals surface area contributed by atoms with E-state index in [1.165, 1.54) is 0 Å². The highest BCUT2D eigenvalue weighted by molar-refractivity contribution is 5.74. The van der Waals surface area contributed by atoms with Crippen LogP contribution in [0.3, 0.4) is 0 Å². The summed E-state index contributed by atoms with van der Waals surface area (Å²) in [4.78, 5) is 18.6. The summed E-state index contributed by atoms with van der Waals surface area (Å²) in [6.45, 7) is 1.97. The topological polar surface area (TPSA) is 99.9 Å². The SMILES string of the molecule is O=C(NCCc1noc(-c2ccccc2)n1)N1CCC(c2ccn[nH]2)CC1. The first-order chi connectivity index (χ1) is 13.3. The van der Waals surface area contributed by atoms with Crippen LogP contribution in [0.15, 0.2) is 47.1 Å². The lowest BCUT2D eigenvalue weighted by atomic mass is 9.94. The molecule has 0 aliphatic carbocycles. The fourth-order valence-corrected chi connectivity index (χ4v) is 3.33. The number of aromatic amines is 1. The van der Waals surface area contributed by atoms with E-state index >= 15 is 0 Å². The maximum absolute atomic E-state index is 12.3. The average molecular weight is 366 g/mol. The number of benzene rings is 1. The highest BCUT2D eigenvalue weighted by Crippen LogP contribution is 2.26. The smallest absolute Gasteiger partial charge is 0.317 e. The monoisotopic (exact) mass is 366 g/mol. The molecule has 8 nitrogen and oxygen atoms in total. The van der Waals surface area contributed by atoms with Crippen LogP contribution in [0.2, 0.25) is 0 Å². The van der Waals surface area contributed by atoms with Crippen LogP contribution >= 0.6 is 0 Å². The van der Waals surface area contributed by atoms with Crippen LogP contribution in [-0.2, 0) is 6.42 Å². The third-order valence-electron chi connectivity index (χ3n) is 4.86. The second kappa shape index (κ2) is 8.03. The van der Waals surface area contributed by atoms with Gasteiger partial charge in [-0.3, -0.25) is 5.10 Å². The van der Waals surface area contributed by atoms with E-state index in [-0.39, 0.29) is 6.03 Å². The molecule has 3 heterocycles. The second-order valence-corrected chi connectivity index (χ2v) is 6.64. The minimum absolute atomic E-state index is 0.0372. The standard InChI is InChI=1S/C19H22N6O2/c26-19(25-12-8-14(9-13-25)16-6-11-21-23-16)20-10-7-17-22-18(27-24-17)15-4-2-1-3-5-15/h1-6,11,14H,7-10,12-13H2,(H,20,26)(H,21,23). The van der Waals surface area contributed by atoms with E-state index < -0.39 is 0 Å². The Hall–Kier alpha value is -3.16. The van der Waals surface area contributed by atoms with Crippen molar-refractivity contribution in [3.05, 3.63) is 54.1 Å². The van der Waals surface area contributed by atoms with Gasteiger partial charge in [0.15, 0.2) is 5.82 Å². The Morgan fingerprint density at radius 3 is 2.78 bits per heavy atom. The molecule has 140 valence electrons. The molecule has 1 saturated heterocycles. The predicted molar refractivity (Wildman–Crippen MR) is 99.0 cm³/mol. The van der Waals surface area contributed by atoms with Gasteiger partial charge in [-0.1, -0.05) is 23.4 Å². The van der Waals surface area contributed by atoms with Crippen molar-refractivity contribution in [3.63, 3.8) is 0 Å². The molecule has 0 saturated carbocycles. The number of nitrogens with one attached hydrogen (secondary N) is 2. The van der Waals surface area contributed by atoms with Gasteiger partial charge in [0.25, 0.3) is 5.89 Å². The number of hydrogen-bond donors (Lipinski definition) is 2. The first kappa shape index (κ1) is 17.3. The summed E-state index contributed by atoms with van der Waals surface area (Å²) < 4.78 is 5.28. The number of likely N-dealkylation sites (tertiary alicyclic amines) is 1. The number of urea groups is 1. The molecule has 2 N–H and O–H groups in total. The fraction of sp³-hybridized carbons (Fsp3) is 0.368. The quantitative estimate of drug-likeness (QED) is 0.723. The van der Waals surface area contributed by atoms with Crippen molar-refractivity contribution in [2.24, 2.45) is 0 Å². The van der Waals surface area contributed by atoms with Gasteiger partial charge >= 0.3 is 6.03 Å². The number of piperidine rings is 1. The lowest BCUT2D eigenvalue weighted by molar-refractivity contribution is 0.181. The van der Waals surface area contributed by atoms with E-state index in [2.05, 4.69) is 25.7 Å². The fourth-order valence-electron chi connectivity index (χ4n) is 3.33. The van der Waals surface area contributed by atoms with Gasteiger partial charge in [-0.25, -0.2) is 4.79 Å². The summed E-state index contributed by atoms with van der Waals surface area (Å²) in [6, 6.07) is 11.6. The van der Waals surface area contributed by atoms with Crippen molar-refractivity contribution in [3.8, 4) is 11.5 Å². The summed E-state index contributed by atoms with van der Waals surface area (Å²) in [5, 5.41) is 14.0. The number of H-pyrrole nitrogens is 1. The van der Waals surface area contributed by atoms with Gasteiger partial charge in [0, 0.05) is 49.4 Å². The minimum atomic E-state index is -0.0372. The molecule has 1 aliphatic heterocycles. The van der Waals surface area contributed by atoms with Crippen molar-refractivity contribution in [1.29, 1.82) is 0 Å². The van der Waals surface area contributed by atoms with Crippen molar-refractivity contribution in [1.82, 2.24) is 30.6 Å². The molecule has 1 fully saturated rings. The number of rotatable bonds is 5. The molecular formula is C19H22N6O2. The van der Waals surface area contributed by atoms with Crippen LogP contribution in [0.25, 0.3) is 11.5 Å². The third kappa shape index (κ3) is 4.16. The molecule has 1 aromatic carbocycles. The Kier molecular flexibility index (Phi) is 5.13. The zero-order chi connectivity index (χ0) is 18.5. The van der Waals surface area contributed by atoms with Crippen LogP contribution < -0.4 is 5.32 Å². The van der Waals surface area contributed by atoms with E-state index in [0.717, 1.165) is 37.2 Å². The largest absolute Gasteiger partial charge is 0.338 e. The Bertz CT molecular complexity index is 853. The molecule has 8 heteroatoms. The molecule has 0 radical (unpaired) electrons. The molecule has 27 heavy (non-hydrogen) atoms. The normalized spacial score (nSPS) is 15.0. The number of carbonyl (C=O) groups is 1. The van der Waals surface area contributed by atoms with Gasteiger partial charge in [-0.15, -0.1) is 0 Å². The van der Waals surface area contributed by atoms with Crippen molar-refractivity contribution in [2.75, 3.05) is 19.6 Å². The Balaban J connectivity index is 1.22. The molecule has 0 spiro atoms. The zero-order valence-electron chi connectivity index (χ0n) is 15.0. The molecule has 1 aliphatic rings. The highest BCUT2D eigenvalue weighted by Gasteiger charge is 2.24. The lowest BCUT2D eigenvalue weighted by Gasteiger charge is -2.31. The number of nitrogens with zero attached hydrogens (tertiary/aromatic N) is 4. The molecule has 2 amide bonds. The van der Waals surface area contributed by atoms with Gasteiger partial charge in [0.2, 0.25) is 0 Å². The van der Waals surface area contributed by atoms with Gasteiger partial charge in [-0.05, 0) is 31.0 Å². The molecule has 0 bridgehead atoms. The van der Waals surface area contributed by atoms with Crippen LogP contribution in [0, 0.1) is 0 Å². The molecule has 4 rings (SSSR count). The highest BCUT2D eigenvalue weighted by atomic mass is 16.5. The zero-order valence-corrected chi connectivity index (χ0v) is 15.0. The first-order valence-corrected chi connectivity index (χ1v) is 9.19. The van der Waals surface area contributed by atoms with Gasteiger partial charge in [0.1, 0.15) is 0 Å². The Morgan fingerprint density at radius 2 is 2.04 bits per heavy atom. The number of hydrogen-bond acceptors (Lipinski definition) is 5. The summed E-state index contributed by atoms with van der Waals surface area (Å²) in [6.07, 6.45) is 4.20. The van der Waals surface area contributed by atoms with Gasteiger partial charge in [-0.2, -0.15) is 10.1 Å². The first-order valence-electron chi connectivity index (χ1n) is 9.19. The van der Waals surface area contributed by atoms with Crippen molar-refractivity contribution in [2.45, 2.75) is 25.2 Å². The average Bonchev–Trinajstić information content (AvgIpc) is 3.41. The molecule has 3 aromatic rings. The summed E-state index contributed by atoms with van der Waals surface area (Å²) >= 11 is 0. The van der Waals surface area contributed by atoms with Crippen LogP contribution in [-0.4, -0.2) is 50.9 Å². The van der Waals surface area contributed by atoms with Crippen LogP contribution in [0.5, 0.6) is 0 Å². The Labute approximate surface area is 157 Å². The van der Waals surface area contributed by atoms with Crippen LogP contribution in [0.1, 0.15) is 30.3 Å². The van der Waals surface area contributed by atoms with E-state index in [1.54, 1.807) is 6.20 Å². The van der Waals surface area contributed by atoms with E-state index in [4.69, 9.17) is 4.52 Å². The number of carbonyl (C=O) groups excluding carboxylic acids is 1. The van der Waals surface area contributed by atoms with Gasteiger partial charge in [0.05, 0.1) is 0 Å². The summed E-state index contributed by atoms with van der Waals surface area (Å²) in [5.74, 6) is 1.54. The molecular weight excluding hydrogens is 344 g/mol.